The van der Waals surface area contributed by atoms with Crippen molar-refractivity contribution < 1.29 is 29.0 Å². The topological polar surface area (TPSA) is 93.1 Å². The molecule has 18 heavy (non-hydrogen) atoms. The molecule has 1 rings (SSSR count). The third-order valence-corrected chi connectivity index (χ3v) is 2.54. The average molecular weight is 259 g/mol. The lowest BCUT2D eigenvalue weighted by molar-refractivity contribution is -0.156. The number of ether oxygens (including phenoxy) is 2. The van der Waals surface area contributed by atoms with Crippen molar-refractivity contribution in [1.82, 2.24) is 4.90 Å². The van der Waals surface area contributed by atoms with Crippen molar-refractivity contribution in [1.29, 1.82) is 0 Å². The van der Waals surface area contributed by atoms with E-state index in [2.05, 4.69) is 0 Å². The van der Waals surface area contributed by atoms with Gasteiger partial charge in [-0.3, -0.25) is 14.4 Å². The first-order valence-corrected chi connectivity index (χ1v) is 5.80. The molecule has 0 aromatic carbocycles. The van der Waals surface area contributed by atoms with Crippen LogP contribution in [0.5, 0.6) is 0 Å². The minimum atomic E-state index is -1.24. The Hall–Kier alpha value is -1.63. The van der Waals surface area contributed by atoms with Crippen molar-refractivity contribution in [3.05, 3.63) is 0 Å². The summed E-state index contributed by atoms with van der Waals surface area (Å²) in [5.41, 5.74) is 0. The second kappa shape index (κ2) is 6.34. The molecule has 1 N–H and O–H groups in total. The molecule has 0 spiro atoms. The molecular formula is C11H17NO6. The van der Waals surface area contributed by atoms with Gasteiger partial charge in [0.1, 0.15) is 6.54 Å². The molecule has 2 atom stereocenters. The molecule has 7 heteroatoms. The normalized spacial score (nSPS) is 23.1. The van der Waals surface area contributed by atoms with E-state index in [9.17, 15) is 19.5 Å². The van der Waals surface area contributed by atoms with E-state index >= 15 is 0 Å². The van der Waals surface area contributed by atoms with E-state index in [1.165, 1.54) is 0 Å². The van der Waals surface area contributed by atoms with Gasteiger partial charge in [-0.15, -0.1) is 0 Å². The van der Waals surface area contributed by atoms with Crippen molar-refractivity contribution in [2.45, 2.75) is 20.0 Å². The molecule has 102 valence electrons. The molecule has 1 aliphatic heterocycles. The van der Waals surface area contributed by atoms with Gasteiger partial charge in [-0.1, -0.05) is 0 Å². The molecule has 0 unspecified atom stereocenters. The first-order chi connectivity index (χ1) is 8.51. The number of amides is 1. The van der Waals surface area contributed by atoms with Gasteiger partial charge in [0, 0.05) is 6.54 Å². The molecule has 0 bridgehead atoms. The van der Waals surface area contributed by atoms with E-state index in [1.807, 2.05) is 0 Å². The number of esters is 2. The monoisotopic (exact) mass is 259 g/mol. The van der Waals surface area contributed by atoms with Gasteiger partial charge in [-0.05, 0) is 13.8 Å². The fraction of sp³-hybridized carbons (Fsp3) is 0.727. The fourth-order valence-electron chi connectivity index (χ4n) is 1.78. The molecule has 1 saturated heterocycles. The highest BCUT2D eigenvalue weighted by Crippen LogP contribution is 2.20. The zero-order valence-electron chi connectivity index (χ0n) is 10.4. The van der Waals surface area contributed by atoms with Gasteiger partial charge in [0.15, 0.2) is 5.92 Å². The molecule has 1 amide bonds. The SMILES string of the molecule is CCOC(=O)CN1C[C@H](O)[C@H](C(=O)OCC)C1=O. The van der Waals surface area contributed by atoms with Gasteiger partial charge in [-0.2, -0.15) is 0 Å². The Labute approximate surface area is 105 Å². The molecule has 0 aliphatic carbocycles. The number of nitrogens with zero attached hydrogens (tertiary/aromatic N) is 1. The molecule has 1 heterocycles. The third kappa shape index (κ3) is 3.19. The number of rotatable bonds is 5. The van der Waals surface area contributed by atoms with E-state index in [1.54, 1.807) is 13.8 Å². The quantitative estimate of drug-likeness (QED) is 0.499. The van der Waals surface area contributed by atoms with Crippen LogP contribution in [0.4, 0.5) is 0 Å². The highest BCUT2D eigenvalue weighted by Gasteiger charge is 2.45. The summed E-state index contributed by atoms with van der Waals surface area (Å²) in [6.45, 7) is 3.28. The van der Waals surface area contributed by atoms with E-state index in [4.69, 9.17) is 9.47 Å². The van der Waals surface area contributed by atoms with Crippen LogP contribution in [-0.4, -0.2) is 60.3 Å². The zero-order valence-corrected chi connectivity index (χ0v) is 10.4. The highest BCUT2D eigenvalue weighted by atomic mass is 16.5. The largest absolute Gasteiger partial charge is 0.465 e. The number of carbonyl (C=O) groups excluding carboxylic acids is 3. The Morgan fingerprint density at radius 2 is 1.94 bits per heavy atom. The summed E-state index contributed by atoms with van der Waals surface area (Å²) >= 11 is 0. The lowest BCUT2D eigenvalue weighted by Gasteiger charge is -2.14. The molecule has 0 saturated carbocycles. The summed E-state index contributed by atoms with van der Waals surface area (Å²) in [5, 5.41) is 9.65. The molecule has 7 nitrogen and oxygen atoms in total. The Bertz CT molecular complexity index is 342. The van der Waals surface area contributed by atoms with E-state index in [0.29, 0.717) is 0 Å². The van der Waals surface area contributed by atoms with Crippen LogP contribution in [0.25, 0.3) is 0 Å². The third-order valence-electron chi connectivity index (χ3n) is 2.54. The zero-order chi connectivity index (χ0) is 13.7. The van der Waals surface area contributed by atoms with Crippen LogP contribution in [-0.2, 0) is 23.9 Å². The van der Waals surface area contributed by atoms with Gasteiger partial charge in [-0.25, -0.2) is 0 Å². The average Bonchev–Trinajstić information content (AvgIpc) is 2.54. The predicted molar refractivity (Wildman–Crippen MR) is 59.3 cm³/mol. The van der Waals surface area contributed by atoms with E-state index in [-0.39, 0.29) is 26.3 Å². The van der Waals surface area contributed by atoms with Gasteiger partial charge in [0.05, 0.1) is 19.3 Å². The number of hydrogen-bond donors (Lipinski definition) is 1. The Kier molecular flexibility index (Phi) is 5.08. The number of carbonyl (C=O) groups is 3. The van der Waals surface area contributed by atoms with Gasteiger partial charge >= 0.3 is 11.9 Å². The summed E-state index contributed by atoms with van der Waals surface area (Å²) in [5.74, 6) is -3.17. The Morgan fingerprint density at radius 3 is 2.50 bits per heavy atom. The summed E-state index contributed by atoms with van der Waals surface area (Å²) in [6, 6.07) is 0. The predicted octanol–water partition coefficient (Wildman–Crippen LogP) is -1.07. The van der Waals surface area contributed by atoms with Gasteiger partial charge in [0.25, 0.3) is 0 Å². The summed E-state index contributed by atoms with van der Waals surface area (Å²) in [6.07, 6.45) is -1.15. The van der Waals surface area contributed by atoms with Crippen molar-refractivity contribution in [3.63, 3.8) is 0 Å². The minimum Gasteiger partial charge on any atom is -0.465 e. The first kappa shape index (κ1) is 14.4. The summed E-state index contributed by atoms with van der Waals surface area (Å²) < 4.78 is 9.40. The molecule has 1 aliphatic rings. The highest BCUT2D eigenvalue weighted by molar-refractivity contribution is 6.01. The van der Waals surface area contributed by atoms with Crippen LogP contribution in [0.15, 0.2) is 0 Å². The van der Waals surface area contributed by atoms with Crippen LogP contribution < -0.4 is 0 Å². The van der Waals surface area contributed by atoms with Crippen molar-refractivity contribution in [2.24, 2.45) is 5.92 Å². The van der Waals surface area contributed by atoms with Crippen LogP contribution in [0.1, 0.15) is 13.8 Å². The van der Waals surface area contributed by atoms with Crippen LogP contribution in [0.3, 0.4) is 0 Å². The second-order valence-electron chi connectivity index (χ2n) is 3.82. The molecule has 0 aromatic rings. The van der Waals surface area contributed by atoms with Crippen LogP contribution >= 0.6 is 0 Å². The molecule has 0 aromatic heterocycles. The number of β-amino-alcohol motifs (C(OH)–C–C–N with tert-alkyl or cyclic N) is 1. The molecule has 1 fully saturated rings. The molecular weight excluding hydrogens is 242 g/mol. The Balaban J connectivity index is 2.63. The Morgan fingerprint density at radius 1 is 1.33 bits per heavy atom. The van der Waals surface area contributed by atoms with Gasteiger partial charge < -0.3 is 19.5 Å². The second-order valence-corrected chi connectivity index (χ2v) is 3.82. The lowest BCUT2D eigenvalue weighted by atomic mass is 10.1. The smallest absolute Gasteiger partial charge is 0.325 e. The number of aliphatic hydroxyl groups is 1. The lowest BCUT2D eigenvalue weighted by Crippen LogP contribution is -2.36. The summed E-state index contributed by atoms with van der Waals surface area (Å²) in [4.78, 5) is 35.6. The summed E-state index contributed by atoms with van der Waals surface area (Å²) in [7, 11) is 0. The number of aliphatic hydroxyl groups excluding tert-OH is 1. The van der Waals surface area contributed by atoms with E-state index in [0.717, 1.165) is 4.90 Å². The number of likely N-dealkylation sites (tertiary alicyclic amines) is 1. The van der Waals surface area contributed by atoms with Crippen molar-refractivity contribution in [3.8, 4) is 0 Å². The maximum absolute atomic E-state index is 11.8. The van der Waals surface area contributed by atoms with Crippen LogP contribution in [0.2, 0.25) is 0 Å². The maximum Gasteiger partial charge on any atom is 0.325 e. The fourth-order valence-corrected chi connectivity index (χ4v) is 1.78. The standard InChI is InChI=1S/C11H17NO6/c1-3-17-8(14)6-12-5-7(13)9(10(12)15)11(16)18-4-2/h7,9,13H,3-6H2,1-2H3/t7-,9-/m0/s1. The number of hydrogen-bond acceptors (Lipinski definition) is 6. The minimum absolute atomic E-state index is 0.0683. The molecule has 0 radical (unpaired) electrons. The van der Waals surface area contributed by atoms with E-state index < -0.39 is 29.9 Å². The van der Waals surface area contributed by atoms with Crippen molar-refractivity contribution in [2.75, 3.05) is 26.3 Å². The van der Waals surface area contributed by atoms with Crippen molar-refractivity contribution >= 4 is 17.8 Å². The first-order valence-electron chi connectivity index (χ1n) is 5.80. The van der Waals surface area contributed by atoms with Crippen LogP contribution in [0, 0.1) is 5.92 Å². The maximum atomic E-state index is 11.8. The van der Waals surface area contributed by atoms with Gasteiger partial charge in [0.2, 0.25) is 5.91 Å².